The Hall–Kier alpha value is -1.06. The normalized spacial score (nSPS) is 11.7. The van der Waals surface area contributed by atoms with Crippen LogP contribution < -0.4 is 10.2 Å². The number of rotatable bonds is 23. The zero-order valence-electron chi connectivity index (χ0n) is 20.0. The molecule has 0 rings (SSSR count). The summed E-state index contributed by atoms with van der Waals surface area (Å²) in [6.07, 6.45) is 20.8. The summed E-state index contributed by atoms with van der Waals surface area (Å²) in [4.78, 5) is 22.9. The summed E-state index contributed by atoms with van der Waals surface area (Å²) in [5.74, 6) is -2.08. The Balaban J connectivity index is 4.40. The molecule has 30 heavy (non-hydrogen) atoms. The van der Waals surface area contributed by atoms with Crippen molar-refractivity contribution >= 4 is 11.9 Å². The van der Waals surface area contributed by atoms with Crippen LogP contribution in [-0.2, 0) is 9.59 Å². The van der Waals surface area contributed by atoms with Gasteiger partial charge in [0.15, 0.2) is 0 Å². The Kier molecular flexibility index (Phi) is 19.2. The molecule has 0 aromatic rings. The minimum Gasteiger partial charge on any atom is -0.550 e. The average molecular weight is 425 g/mol. The highest BCUT2D eigenvalue weighted by Gasteiger charge is 2.30. The molecule has 0 radical (unpaired) electrons. The van der Waals surface area contributed by atoms with Gasteiger partial charge in [-0.15, -0.1) is 0 Å². The standard InChI is InChI=1S/C26H50O4/c1-3-5-7-9-11-13-15-17-21-26(25(29)30,23-19-20-24(27)28)22-18-16-14-12-10-8-6-4-2/h3-23H2,1-2H3,(H,27,28)(H,29,30)/p-2. The van der Waals surface area contributed by atoms with Gasteiger partial charge in [-0.1, -0.05) is 117 Å². The third-order valence-electron chi connectivity index (χ3n) is 6.49. The Morgan fingerprint density at radius 3 is 1.20 bits per heavy atom. The van der Waals surface area contributed by atoms with E-state index in [2.05, 4.69) is 13.8 Å². The number of unbranched alkanes of at least 4 members (excludes halogenated alkanes) is 14. The lowest BCUT2D eigenvalue weighted by atomic mass is 9.74. The molecule has 0 aliphatic heterocycles. The van der Waals surface area contributed by atoms with Crippen molar-refractivity contribution in [1.82, 2.24) is 0 Å². The Bertz CT molecular complexity index is 399. The summed E-state index contributed by atoms with van der Waals surface area (Å²) in [5, 5.41) is 22.9. The molecule has 4 heteroatoms. The van der Waals surface area contributed by atoms with Gasteiger partial charge >= 0.3 is 0 Å². The number of carbonyl (C=O) groups is 2. The lowest BCUT2D eigenvalue weighted by Crippen LogP contribution is -2.42. The molecule has 0 N–H and O–H groups in total. The molecule has 0 aromatic heterocycles. The first-order valence-electron chi connectivity index (χ1n) is 12.9. The van der Waals surface area contributed by atoms with E-state index in [0.29, 0.717) is 25.7 Å². The summed E-state index contributed by atoms with van der Waals surface area (Å²) in [6, 6.07) is 0. The van der Waals surface area contributed by atoms with E-state index >= 15 is 0 Å². The number of carboxylic acids is 2. The number of carboxylic acid groups (broad SMARTS) is 2. The van der Waals surface area contributed by atoms with Gasteiger partial charge in [0.25, 0.3) is 0 Å². The SMILES string of the molecule is CCCCCCCCCCC(CCCCCCCCCC)(CCCC(=O)[O-])C(=O)[O-]. The molecule has 0 aromatic carbocycles. The van der Waals surface area contributed by atoms with Gasteiger partial charge in [-0.3, -0.25) is 0 Å². The van der Waals surface area contributed by atoms with Crippen LogP contribution in [0.1, 0.15) is 149 Å². The fourth-order valence-electron chi connectivity index (χ4n) is 4.45. The third kappa shape index (κ3) is 15.7. The van der Waals surface area contributed by atoms with E-state index in [-0.39, 0.29) is 6.42 Å². The van der Waals surface area contributed by atoms with E-state index < -0.39 is 17.4 Å². The highest BCUT2D eigenvalue weighted by atomic mass is 16.4. The molecule has 0 atom stereocenters. The van der Waals surface area contributed by atoms with Crippen molar-refractivity contribution in [3.05, 3.63) is 0 Å². The van der Waals surface area contributed by atoms with Crippen LogP contribution in [0.5, 0.6) is 0 Å². The Morgan fingerprint density at radius 1 is 0.533 bits per heavy atom. The van der Waals surface area contributed by atoms with Crippen LogP contribution in [0.25, 0.3) is 0 Å². The molecule has 0 saturated carbocycles. The molecule has 4 nitrogen and oxygen atoms in total. The van der Waals surface area contributed by atoms with E-state index in [1.807, 2.05) is 0 Å². The van der Waals surface area contributed by atoms with Crippen molar-refractivity contribution in [2.24, 2.45) is 5.41 Å². The van der Waals surface area contributed by atoms with Gasteiger partial charge in [-0.25, -0.2) is 0 Å². The van der Waals surface area contributed by atoms with Crippen LogP contribution in [-0.4, -0.2) is 11.9 Å². The molecule has 0 aliphatic carbocycles. The summed E-state index contributed by atoms with van der Waals surface area (Å²) in [7, 11) is 0. The second-order valence-corrected chi connectivity index (χ2v) is 9.24. The van der Waals surface area contributed by atoms with Crippen LogP contribution in [0.3, 0.4) is 0 Å². The highest BCUT2D eigenvalue weighted by molar-refractivity contribution is 5.72. The van der Waals surface area contributed by atoms with Gasteiger partial charge in [0.1, 0.15) is 0 Å². The smallest absolute Gasteiger partial charge is 0.0476 e. The van der Waals surface area contributed by atoms with Crippen LogP contribution in [0, 0.1) is 5.41 Å². The van der Waals surface area contributed by atoms with Gasteiger partial charge in [0.05, 0.1) is 0 Å². The lowest BCUT2D eigenvalue weighted by molar-refractivity contribution is -0.321. The van der Waals surface area contributed by atoms with Crippen LogP contribution in [0.15, 0.2) is 0 Å². The molecule has 0 bridgehead atoms. The van der Waals surface area contributed by atoms with Crippen molar-refractivity contribution in [2.45, 2.75) is 149 Å². The van der Waals surface area contributed by atoms with E-state index in [9.17, 15) is 19.8 Å². The molecule has 0 fully saturated rings. The second kappa shape index (κ2) is 19.9. The third-order valence-corrected chi connectivity index (χ3v) is 6.49. The number of hydrogen-bond acceptors (Lipinski definition) is 4. The van der Waals surface area contributed by atoms with Crippen LogP contribution in [0.4, 0.5) is 0 Å². The van der Waals surface area contributed by atoms with E-state index in [4.69, 9.17) is 0 Å². The minimum atomic E-state index is -1.10. The van der Waals surface area contributed by atoms with Crippen LogP contribution in [0.2, 0.25) is 0 Å². The molecule has 0 heterocycles. The molecule has 0 unspecified atom stereocenters. The summed E-state index contributed by atoms with van der Waals surface area (Å²) >= 11 is 0. The predicted molar refractivity (Wildman–Crippen MR) is 121 cm³/mol. The monoisotopic (exact) mass is 424 g/mol. The summed E-state index contributed by atoms with van der Waals surface area (Å²) in [6.45, 7) is 4.43. The zero-order chi connectivity index (χ0) is 22.5. The molecular weight excluding hydrogens is 376 g/mol. The van der Waals surface area contributed by atoms with E-state index in [0.717, 1.165) is 38.5 Å². The van der Waals surface area contributed by atoms with E-state index in [1.54, 1.807) is 0 Å². The summed E-state index contributed by atoms with van der Waals surface area (Å²) < 4.78 is 0. The highest BCUT2D eigenvalue weighted by Crippen LogP contribution is 2.37. The number of aliphatic carboxylic acids is 2. The second-order valence-electron chi connectivity index (χ2n) is 9.24. The van der Waals surface area contributed by atoms with Crippen molar-refractivity contribution in [2.75, 3.05) is 0 Å². The quantitative estimate of drug-likeness (QED) is 0.197. The lowest BCUT2D eigenvalue weighted by Gasteiger charge is -2.35. The van der Waals surface area contributed by atoms with Gasteiger partial charge in [-0.2, -0.15) is 0 Å². The maximum absolute atomic E-state index is 12.1. The van der Waals surface area contributed by atoms with Crippen molar-refractivity contribution in [3.63, 3.8) is 0 Å². The maximum Gasteiger partial charge on any atom is 0.0476 e. The zero-order valence-corrected chi connectivity index (χ0v) is 20.0. The van der Waals surface area contributed by atoms with Gasteiger partial charge in [-0.05, 0) is 32.1 Å². The fourth-order valence-corrected chi connectivity index (χ4v) is 4.45. The fraction of sp³-hybridized carbons (Fsp3) is 0.923. The molecule has 0 spiro atoms. The minimum absolute atomic E-state index is 0.0656. The Labute approximate surface area is 186 Å². The first-order valence-corrected chi connectivity index (χ1v) is 12.9. The topological polar surface area (TPSA) is 80.3 Å². The first kappa shape index (κ1) is 28.9. The van der Waals surface area contributed by atoms with Gasteiger partial charge < -0.3 is 19.8 Å². The largest absolute Gasteiger partial charge is 0.550 e. The van der Waals surface area contributed by atoms with Crippen LogP contribution >= 0.6 is 0 Å². The number of carbonyl (C=O) groups excluding carboxylic acids is 2. The molecule has 0 amide bonds. The molecular formula is C26H48O4-2. The van der Waals surface area contributed by atoms with E-state index in [1.165, 1.54) is 64.2 Å². The predicted octanol–water partition coefficient (Wildman–Crippen LogP) is 5.70. The van der Waals surface area contributed by atoms with Crippen molar-refractivity contribution in [3.8, 4) is 0 Å². The molecule has 178 valence electrons. The number of hydrogen-bond donors (Lipinski definition) is 0. The van der Waals surface area contributed by atoms with Gasteiger partial charge in [0, 0.05) is 17.4 Å². The maximum atomic E-state index is 12.1. The molecule has 0 saturated heterocycles. The first-order chi connectivity index (χ1) is 14.5. The summed E-state index contributed by atoms with van der Waals surface area (Å²) in [5.41, 5.74) is -0.861. The Morgan fingerprint density at radius 2 is 0.867 bits per heavy atom. The van der Waals surface area contributed by atoms with Gasteiger partial charge in [0.2, 0.25) is 0 Å². The van der Waals surface area contributed by atoms with Crippen molar-refractivity contribution < 1.29 is 19.8 Å². The average Bonchev–Trinajstić information content (AvgIpc) is 2.71. The van der Waals surface area contributed by atoms with Crippen molar-refractivity contribution in [1.29, 1.82) is 0 Å². The molecule has 0 aliphatic rings.